The van der Waals surface area contributed by atoms with E-state index in [9.17, 15) is 0 Å². The molecule has 2 radical (unpaired) electrons. The summed E-state index contributed by atoms with van der Waals surface area (Å²) in [6, 6.07) is -0.395. The van der Waals surface area contributed by atoms with Crippen LogP contribution in [0.25, 0.3) is 0 Å². The van der Waals surface area contributed by atoms with E-state index in [1.165, 1.54) is 0 Å². The Balaban J connectivity index is 2.17. The van der Waals surface area contributed by atoms with E-state index in [0.717, 1.165) is 0 Å². The molecule has 2 aliphatic rings. The fourth-order valence-electron chi connectivity index (χ4n) is 2.16. The molecule has 0 amide bonds. The van der Waals surface area contributed by atoms with Crippen LogP contribution in [0.5, 0.6) is 0 Å². The van der Waals surface area contributed by atoms with Crippen LogP contribution in [-0.2, 0) is 18.9 Å². The van der Waals surface area contributed by atoms with Gasteiger partial charge in [-0.15, -0.1) is 0 Å². The summed E-state index contributed by atoms with van der Waals surface area (Å²) >= 11 is 0. The molecule has 5 heteroatoms. The quantitative estimate of drug-likeness (QED) is 0.544. The van der Waals surface area contributed by atoms with Gasteiger partial charge < -0.3 is 18.9 Å². The van der Waals surface area contributed by atoms with Crippen LogP contribution in [0.3, 0.4) is 0 Å². The maximum absolute atomic E-state index is 5.72. The molecular formula is C8H13BO4. The minimum atomic E-state index is -0.492. The maximum atomic E-state index is 5.72. The highest BCUT2D eigenvalue weighted by Gasteiger charge is 2.60. The molecule has 0 N–H and O–H groups in total. The topological polar surface area (TPSA) is 36.9 Å². The first kappa shape index (κ1) is 9.46. The average Bonchev–Trinajstić information content (AvgIpc) is 2.55. The molecule has 0 aromatic rings. The van der Waals surface area contributed by atoms with E-state index in [2.05, 4.69) is 0 Å². The van der Waals surface area contributed by atoms with Crippen molar-refractivity contribution < 1.29 is 18.9 Å². The third-order valence-corrected chi connectivity index (χ3v) is 2.67. The van der Waals surface area contributed by atoms with Crippen molar-refractivity contribution >= 4 is 7.85 Å². The summed E-state index contributed by atoms with van der Waals surface area (Å²) in [5, 5.41) is 0. The lowest BCUT2D eigenvalue weighted by Gasteiger charge is -2.29. The van der Waals surface area contributed by atoms with Gasteiger partial charge in [0, 0.05) is 20.2 Å². The van der Waals surface area contributed by atoms with Gasteiger partial charge in [0.25, 0.3) is 0 Å². The molecule has 4 atom stereocenters. The highest BCUT2D eigenvalue weighted by molar-refractivity contribution is 6.11. The number of ether oxygens (including phenoxy) is 4. The minimum Gasteiger partial charge on any atom is -0.381 e. The van der Waals surface area contributed by atoms with Crippen molar-refractivity contribution in [2.24, 2.45) is 0 Å². The summed E-state index contributed by atoms with van der Waals surface area (Å²) in [6.07, 6.45) is -0.261. The SMILES string of the molecule is [B][C@@H]1O[C@@]2(COC)COC1[C@H]2OC. The Labute approximate surface area is 78.9 Å². The first-order valence-corrected chi connectivity index (χ1v) is 4.30. The molecule has 0 spiro atoms. The zero-order chi connectivity index (χ0) is 9.47. The molecule has 4 nitrogen and oxygen atoms in total. The fraction of sp³-hybridized carbons (Fsp3) is 1.00. The molecule has 2 heterocycles. The Hall–Kier alpha value is -0.0951. The summed E-state index contributed by atoms with van der Waals surface area (Å²) in [7, 11) is 8.98. The van der Waals surface area contributed by atoms with Crippen LogP contribution < -0.4 is 0 Å². The van der Waals surface area contributed by atoms with Crippen molar-refractivity contribution in [2.45, 2.75) is 23.8 Å². The smallest absolute Gasteiger partial charge is 0.143 e. The van der Waals surface area contributed by atoms with Gasteiger partial charge in [-0.05, 0) is 0 Å². The van der Waals surface area contributed by atoms with Crippen LogP contribution in [0, 0.1) is 0 Å². The van der Waals surface area contributed by atoms with Gasteiger partial charge in [-0.3, -0.25) is 0 Å². The van der Waals surface area contributed by atoms with Gasteiger partial charge in [0.15, 0.2) is 0 Å². The van der Waals surface area contributed by atoms with E-state index >= 15 is 0 Å². The van der Waals surface area contributed by atoms with Crippen molar-refractivity contribution in [3.05, 3.63) is 0 Å². The van der Waals surface area contributed by atoms with Crippen LogP contribution >= 0.6 is 0 Å². The molecule has 0 saturated carbocycles. The minimum absolute atomic E-state index is 0.109. The largest absolute Gasteiger partial charge is 0.381 e. The van der Waals surface area contributed by atoms with Crippen LogP contribution in [0.15, 0.2) is 0 Å². The summed E-state index contributed by atoms with van der Waals surface area (Å²) < 4.78 is 21.5. The van der Waals surface area contributed by atoms with E-state index in [-0.39, 0.29) is 12.2 Å². The van der Waals surface area contributed by atoms with Gasteiger partial charge in [-0.25, -0.2) is 0 Å². The zero-order valence-corrected chi connectivity index (χ0v) is 7.86. The van der Waals surface area contributed by atoms with Crippen molar-refractivity contribution in [3.63, 3.8) is 0 Å². The van der Waals surface area contributed by atoms with Crippen LogP contribution in [0.4, 0.5) is 0 Å². The normalized spacial score (nSPS) is 48.6. The molecule has 0 aromatic carbocycles. The molecule has 0 aromatic heterocycles. The number of hydrogen-bond acceptors (Lipinski definition) is 4. The summed E-state index contributed by atoms with van der Waals surface area (Å²) in [6.45, 7) is 0.952. The van der Waals surface area contributed by atoms with Gasteiger partial charge in [-0.2, -0.15) is 0 Å². The molecular weight excluding hydrogens is 171 g/mol. The second-order valence-corrected chi connectivity index (χ2v) is 3.51. The second-order valence-electron chi connectivity index (χ2n) is 3.51. The van der Waals surface area contributed by atoms with Crippen molar-refractivity contribution in [2.75, 3.05) is 27.4 Å². The monoisotopic (exact) mass is 184 g/mol. The highest BCUT2D eigenvalue weighted by atomic mass is 16.7. The molecule has 72 valence electrons. The van der Waals surface area contributed by atoms with E-state index in [1.807, 2.05) is 0 Å². The first-order chi connectivity index (χ1) is 6.23. The van der Waals surface area contributed by atoms with Crippen LogP contribution in [0.2, 0.25) is 0 Å². The average molecular weight is 184 g/mol. The van der Waals surface area contributed by atoms with E-state index < -0.39 is 11.6 Å². The zero-order valence-electron chi connectivity index (χ0n) is 7.86. The predicted octanol–water partition coefficient (Wildman–Crippen LogP) is -0.690. The molecule has 2 fully saturated rings. The van der Waals surface area contributed by atoms with Gasteiger partial charge in [0.1, 0.15) is 25.7 Å². The lowest BCUT2D eigenvalue weighted by Crippen LogP contribution is -2.45. The van der Waals surface area contributed by atoms with E-state index in [0.29, 0.717) is 13.2 Å². The van der Waals surface area contributed by atoms with E-state index in [1.54, 1.807) is 14.2 Å². The van der Waals surface area contributed by atoms with Gasteiger partial charge >= 0.3 is 0 Å². The fourth-order valence-corrected chi connectivity index (χ4v) is 2.16. The predicted molar refractivity (Wildman–Crippen MR) is 45.8 cm³/mol. The molecule has 1 unspecified atom stereocenters. The third kappa shape index (κ3) is 1.22. The molecule has 0 aliphatic carbocycles. The Bertz CT molecular complexity index is 201. The Morgan fingerprint density at radius 3 is 2.85 bits per heavy atom. The number of fused-ring (bicyclic) bond motifs is 2. The van der Waals surface area contributed by atoms with Crippen molar-refractivity contribution in [1.29, 1.82) is 0 Å². The summed E-state index contributed by atoms with van der Waals surface area (Å²) in [4.78, 5) is 0. The Kier molecular flexibility index (Phi) is 2.36. The summed E-state index contributed by atoms with van der Waals surface area (Å²) in [5.74, 6) is 0. The molecule has 2 aliphatic heterocycles. The first-order valence-electron chi connectivity index (χ1n) is 4.30. The second kappa shape index (κ2) is 3.24. The number of rotatable bonds is 3. The molecule has 2 saturated heterocycles. The Morgan fingerprint density at radius 2 is 2.31 bits per heavy atom. The van der Waals surface area contributed by atoms with Crippen LogP contribution in [-0.4, -0.2) is 59.1 Å². The standard InChI is InChI=1S/C8H13BO4/c1-10-3-8-4-12-5(6(8)11-2)7(9)13-8/h5-7H,3-4H2,1-2H3/t5?,6-,7-,8+/m1/s1. The van der Waals surface area contributed by atoms with Crippen molar-refractivity contribution in [3.8, 4) is 0 Å². The van der Waals surface area contributed by atoms with Gasteiger partial charge in [0.05, 0.1) is 13.2 Å². The van der Waals surface area contributed by atoms with Gasteiger partial charge in [0.2, 0.25) is 0 Å². The lowest BCUT2D eigenvalue weighted by molar-refractivity contribution is -0.144. The molecule has 2 rings (SSSR count). The number of hydrogen-bond donors (Lipinski definition) is 0. The van der Waals surface area contributed by atoms with Gasteiger partial charge in [-0.1, -0.05) is 0 Å². The molecule has 2 bridgehead atoms. The van der Waals surface area contributed by atoms with E-state index in [4.69, 9.17) is 26.8 Å². The van der Waals surface area contributed by atoms with Crippen LogP contribution in [0.1, 0.15) is 0 Å². The molecule has 13 heavy (non-hydrogen) atoms. The van der Waals surface area contributed by atoms with Crippen molar-refractivity contribution in [1.82, 2.24) is 0 Å². The Morgan fingerprint density at radius 1 is 1.54 bits per heavy atom. The third-order valence-electron chi connectivity index (χ3n) is 2.67. The lowest BCUT2D eigenvalue weighted by atomic mass is 9.92. The summed E-state index contributed by atoms with van der Waals surface area (Å²) in [5.41, 5.74) is -0.492. The maximum Gasteiger partial charge on any atom is 0.143 e. The highest BCUT2D eigenvalue weighted by Crippen LogP contribution is 2.40. The number of methoxy groups -OCH3 is 2.